The van der Waals surface area contributed by atoms with Crippen molar-refractivity contribution in [2.45, 2.75) is 12.8 Å². The Bertz CT molecular complexity index is 406. The molecule has 1 heterocycles. The first-order valence-electron chi connectivity index (χ1n) is 3.68. The molecule has 0 fully saturated rings. The number of pyridine rings is 1. The number of nitrogens with zero attached hydrogens (tertiary/aromatic N) is 1. The number of halogens is 3. The number of aromatic nitrogens is 1. The van der Waals surface area contributed by atoms with E-state index in [0.717, 1.165) is 0 Å². The third kappa shape index (κ3) is 1.13. The number of carbonyl (C=O) groups excluding carboxylic acids is 1. The van der Waals surface area contributed by atoms with E-state index in [9.17, 15) is 13.6 Å². The monoisotopic (exact) mass is 203 g/mol. The fourth-order valence-electron chi connectivity index (χ4n) is 1.43. The van der Waals surface area contributed by atoms with E-state index in [1.807, 2.05) is 0 Å². The molecule has 0 spiro atoms. The van der Waals surface area contributed by atoms with Crippen LogP contribution in [-0.2, 0) is 6.42 Å². The largest absolute Gasteiger partial charge is 0.294 e. The number of hydrogen-bond acceptors (Lipinski definition) is 2. The normalized spacial score (nSPS) is 14.8. The fraction of sp³-hybridized carbons (Fsp3) is 0.250. The Balaban J connectivity index is 2.76. The lowest BCUT2D eigenvalue weighted by Crippen LogP contribution is -2.01. The molecule has 0 saturated heterocycles. The van der Waals surface area contributed by atoms with Crippen LogP contribution >= 0.6 is 11.6 Å². The van der Waals surface area contributed by atoms with Crippen LogP contribution in [0.1, 0.15) is 22.3 Å². The van der Waals surface area contributed by atoms with E-state index in [-0.39, 0.29) is 34.9 Å². The molecule has 5 heteroatoms. The van der Waals surface area contributed by atoms with Crippen LogP contribution in [0.2, 0.25) is 5.15 Å². The smallest absolute Gasteiger partial charge is 0.250 e. The molecule has 0 saturated carbocycles. The van der Waals surface area contributed by atoms with Gasteiger partial charge in [-0.1, -0.05) is 11.6 Å². The van der Waals surface area contributed by atoms with Crippen LogP contribution in [0.15, 0.2) is 0 Å². The Labute approximate surface area is 77.5 Å². The second-order valence-corrected chi connectivity index (χ2v) is 3.14. The minimum atomic E-state index is -1.24. The van der Waals surface area contributed by atoms with Crippen molar-refractivity contribution in [3.63, 3.8) is 0 Å². The molecule has 0 bridgehead atoms. The summed E-state index contributed by atoms with van der Waals surface area (Å²) in [7, 11) is 0. The summed E-state index contributed by atoms with van der Waals surface area (Å²) in [6.07, 6.45) is 0.385. The number of rotatable bonds is 0. The molecule has 2 nitrogen and oxygen atoms in total. The van der Waals surface area contributed by atoms with E-state index in [1.165, 1.54) is 0 Å². The first kappa shape index (κ1) is 8.56. The van der Waals surface area contributed by atoms with Crippen LogP contribution < -0.4 is 0 Å². The van der Waals surface area contributed by atoms with Gasteiger partial charge in [-0.3, -0.25) is 4.79 Å². The Morgan fingerprint density at radius 2 is 2.00 bits per heavy atom. The summed E-state index contributed by atoms with van der Waals surface area (Å²) in [4.78, 5) is 14.2. The maximum absolute atomic E-state index is 13.0. The van der Waals surface area contributed by atoms with Gasteiger partial charge in [-0.05, 0) is 6.42 Å². The second-order valence-electron chi connectivity index (χ2n) is 2.78. The Morgan fingerprint density at radius 1 is 1.31 bits per heavy atom. The molecule has 0 amide bonds. The summed E-state index contributed by atoms with van der Waals surface area (Å²) in [5, 5.41) is -0.239. The van der Waals surface area contributed by atoms with Gasteiger partial charge in [0.15, 0.2) is 11.6 Å². The van der Waals surface area contributed by atoms with Crippen molar-refractivity contribution in [2.75, 3.05) is 0 Å². The molecule has 0 radical (unpaired) electrons. The predicted molar refractivity (Wildman–Crippen MR) is 41.8 cm³/mol. The highest BCUT2D eigenvalue weighted by molar-refractivity contribution is 6.33. The second kappa shape index (κ2) is 2.73. The topological polar surface area (TPSA) is 30.0 Å². The van der Waals surface area contributed by atoms with Crippen LogP contribution in [0.5, 0.6) is 0 Å². The number of carbonyl (C=O) groups is 1. The minimum absolute atomic E-state index is 0.0422. The van der Waals surface area contributed by atoms with E-state index >= 15 is 0 Å². The molecule has 1 aromatic rings. The van der Waals surface area contributed by atoms with Gasteiger partial charge in [-0.25, -0.2) is 9.37 Å². The van der Waals surface area contributed by atoms with Crippen molar-refractivity contribution in [1.29, 1.82) is 0 Å². The summed E-state index contributed by atoms with van der Waals surface area (Å²) in [5.41, 5.74) is 0.100. The standard InChI is InChI=1S/C8H4ClF2NO/c9-7-5-3(1-2-4(5)13)6(10)8(11)12-7/h1-2H2. The molecule has 1 aliphatic rings. The van der Waals surface area contributed by atoms with Crippen LogP contribution in [-0.4, -0.2) is 10.8 Å². The SMILES string of the molecule is O=C1CCc2c(F)c(F)nc(Cl)c21. The Kier molecular flexibility index (Phi) is 1.80. The van der Waals surface area contributed by atoms with Crippen molar-refractivity contribution in [3.8, 4) is 0 Å². The summed E-state index contributed by atoms with van der Waals surface area (Å²) < 4.78 is 25.7. The molecule has 0 aliphatic heterocycles. The maximum atomic E-state index is 13.0. The zero-order chi connectivity index (χ0) is 9.59. The van der Waals surface area contributed by atoms with Gasteiger partial charge in [-0.15, -0.1) is 0 Å². The highest BCUT2D eigenvalue weighted by Gasteiger charge is 2.28. The summed E-state index contributed by atoms with van der Waals surface area (Å²) in [6.45, 7) is 0. The van der Waals surface area contributed by atoms with E-state index in [4.69, 9.17) is 11.6 Å². The lowest BCUT2D eigenvalue weighted by atomic mass is 10.2. The van der Waals surface area contributed by atoms with Crippen molar-refractivity contribution in [1.82, 2.24) is 4.98 Å². The Hall–Kier alpha value is -1.03. The van der Waals surface area contributed by atoms with Crippen LogP contribution in [0, 0.1) is 11.8 Å². The molecule has 0 aromatic carbocycles. The van der Waals surface area contributed by atoms with Crippen molar-refractivity contribution in [2.24, 2.45) is 0 Å². The predicted octanol–water partition coefficient (Wildman–Crippen LogP) is 2.14. The van der Waals surface area contributed by atoms with E-state index < -0.39 is 11.8 Å². The number of ketones is 1. The third-order valence-corrected chi connectivity index (χ3v) is 2.30. The molecule has 1 aliphatic carbocycles. The average Bonchev–Trinajstić information content (AvgIpc) is 2.44. The van der Waals surface area contributed by atoms with E-state index in [2.05, 4.69) is 4.98 Å². The number of fused-ring (bicyclic) bond motifs is 1. The summed E-state index contributed by atoms with van der Waals surface area (Å²) in [6, 6.07) is 0. The molecule has 0 atom stereocenters. The molecular weight excluding hydrogens is 200 g/mol. The Morgan fingerprint density at radius 3 is 2.69 bits per heavy atom. The van der Waals surface area contributed by atoms with Gasteiger partial charge < -0.3 is 0 Å². The van der Waals surface area contributed by atoms with Crippen molar-refractivity contribution in [3.05, 3.63) is 28.0 Å². The van der Waals surface area contributed by atoms with Crippen LogP contribution in [0.25, 0.3) is 0 Å². The number of hydrogen-bond donors (Lipinski definition) is 0. The van der Waals surface area contributed by atoms with Gasteiger partial charge in [0.2, 0.25) is 0 Å². The first-order valence-corrected chi connectivity index (χ1v) is 4.05. The van der Waals surface area contributed by atoms with E-state index in [1.54, 1.807) is 0 Å². The molecular formula is C8H4ClF2NO. The zero-order valence-corrected chi connectivity index (χ0v) is 7.16. The van der Waals surface area contributed by atoms with Gasteiger partial charge in [-0.2, -0.15) is 4.39 Å². The lowest BCUT2D eigenvalue weighted by molar-refractivity contribution is 0.0994. The number of Topliss-reactive ketones (excluding diaryl/α,β-unsaturated/α-hetero) is 1. The van der Waals surface area contributed by atoms with Crippen LogP contribution in [0.4, 0.5) is 8.78 Å². The summed E-state index contributed by atoms with van der Waals surface area (Å²) in [5.74, 6) is -2.56. The van der Waals surface area contributed by atoms with Crippen LogP contribution in [0.3, 0.4) is 0 Å². The molecule has 68 valence electrons. The molecule has 1 aromatic heterocycles. The van der Waals surface area contributed by atoms with E-state index in [0.29, 0.717) is 0 Å². The maximum Gasteiger partial charge on any atom is 0.250 e. The third-order valence-electron chi connectivity index (χ3n) is 2.03. The molecule has 2 rings (SSSR count). The minimum Gasteiger partial charge on any atom is -0.294 e. The fourth-order valence-corrected chi connectivity index (χ4v) is 1.73. The van der Waals surface area contributed by atoms with Gasteiger partial charge in [0.1, 0.15) is 5.15 Å². The van der Waals surface area contributed by atoms with Crippen molar-refractivity contribution >= 4 is 17.4 Å². The first-order chi connectivity index (χ1) is 6.11. The highest BCUT2D eigenvalue weighted by atomic mass is 35.5. The van der Waals surface area contributed by atoms with Gasteiger partial charge in [0.25, 0.3) is 5.95 Å². The average molecular weight is 204 g/mol. The lowest BCUT2D eigenvalue weighted by Gasteiger charge is -2.01. The van der Waals surface area contributed by atoms with Gasteiger partial charge in [0.05, 0.1) is 5.56 Å². The molecule has 0 unspecified atom stereocenters. The van der Waals surface area contributed by atoms with Gasteiger partial charge >= 0.3 is 0 Å². The van der Waals surface area contributed by atoms with Crippen molar-refractivity contribution < 1.29 is 13.6 Å². The highest BCUT2D eigenvalue weighted by Crippen LogP contribution is 2.30. The van der Waals surface area contributed by atoms with Gasteiger partial charge in [0, 0.05) is 12.0 Å². The summed E-state index contributed by atoms with van der Waals surface area (Å²) >= 11 is 5.50. The molecule has 0 N–H and O–H groups in total. The molecule has 13 heavy (non-hydrogen) atoms. The quantitative estimate of drug-likeness (QED) is 0.605. The zero-order valence-electron chi connectivity index (χ0n) is 6.40.